The molecule has 28 heavy (non-hydrogen) atoms. The van der Waals surface area contributed by atoms with Crippen molar-refractivity contribution in [3.05, 3.63) is 46.3 Å². The van der Waals surface area contributed by atoms with Gasteiger partial charge >= 0.3 is 0 Å². The van der Waals surface area contributed by atoms with Crippen molar-refractivity contribution in [1.29, 1.82) is 0 Å². The fourth-order valence-corrected chi connectivity index (χ4v) is 2.62. The summed E-state index contributed by atoms with van der Waals surface area (Å²) in [5.41, 5.74) is 0.0604. The molecule has 3 aromatic rings. The monoisotopic (exact) mass is 453 g/mol. The van der Waals surface area contributed by atoms with Gasteiger partial charge in [0.2, 0.25) is 11.8 Å². The molecule has 0 aromatic carbocycles. The van der Waals surface area contributed by atoms with Gasteiger partial charge in [-0.15, -0.1) is 0 Å². The van der Waals surface area contributed by atoms with Crippen LogP contribution in [-0.2, 0) is 0 Å². The first-order valence-electron chi connectivity index (χ1n) is 8.41. The first kappa shape index (κ1) is 19.9. The van der Waals surface area contributed by atoms with Gasteiger partial charge in [0.25, 0.3) is 0 Å². The molecule has 0 saturated carbocycles. The first-order valence-corrected chi connectivity index (χ1v) is 9.20. The zero-order chi connectivity index (χ0) is 20.3. The van der Waals surface area contributed by atoms with Gasteiger partial charge in [-0.3, -0.25) is 4.98 Å². The zero-order valence-electron chi connectivity index (χ0n) is 15.3. The van der Waals surface area contributed by atoms with Gasteiger partial charge in [0, 0.05) is 18.3 Å². The number of pyridine rings is 1. The van der Waals surface area contributed by atoms with Crippen LogP contribution in [0.15, 0.2) is 29.0 Å². The number of ether oxygens (including phenoxy) is 1. The Morgan fingerprint density at radius 3 is 2.64 bits per heavy atom. The molecule has 11 heteroatoms. The Morgan fingerprint density at radius 1 is 1.14 bits per heavy atom. The van der Waals surface area contributed by atoms with Gasteiger partial charge in [0.15, 0.2) is 11.6 Å². The van der Waals surface area contributed by atoms with Crippen LogP contribution in [0.1, 0.15) is 32.5 Å². The molecular weight excluding hydrogens is 436 g/mol. The van der Waals surface area contributed by atoms with Crippen LogP contribution >= 0.6 is 15.9 Å². The van der Waals surface area contributed by atoms with Crippen LogP contribution in [0.4, 0.5) is 26.4 Å². The lowest BCUT2D eigenvalue weighted by atomic mass is 10.2. The molecule has 0 aliphatic heterocycles. The van der Waals surface area contributed by atoms with Crippen LogP contribution in [0, 0.1) is 11.6 Å². The van der Waals surface area contributed by atoms with Crippen molar-refractivity contribution in [2.45, 2.75) is 32.9 Å². The molecule has 0 bridgehead atoms. The van der Waals surface area contributed by atoms with Gasteiger partial charge in [-0.2, -0.15) is 10.1 Å². The van der Waals surface area contributed by atoms with Gasteiger partial charge in [0.1, 0.15) is 11.6 Å². The van der Waals surface area contributed by atoms with Crippen molar-refractivity contribution in [3.8, 4) is 5.88 Å². The average molecular weight is 454 g/mol. The molecule has 0 radical (unpaired) electrons. The Labute approximate surface area is 168 Å². The molecule has 0 amide bonds. The largest absolute Gasteiger partial charge is 0.475 e. The summed E-state index contributed by atoms with van der Waals surface area (Å²) in [5.74, 6) is 0.217. The number of nitrogens with zero attached hydrogens (tertiary/aromatic N) is 4. The lowest BCUT2D eigenvalue weighted by Crippen LogP contribution is -2.13. The van der Waals surface area contributed by atoms with Crippen LogP contribution in [0.5, 0.6) is 5.88 Å². The highest BCUT2D eigenvalue weighted by molar-refractivity contribution is 9.10. The van der Waals surface area contributed by atoms with Crippen molar-refractivity contribution in [2.24, 2.45) is 0 Å². The predicted octanol–water partition coefficient (Wildman–Crippen LogP) is 4.34. The number of anilines is 3. The molecular formula is C17H18BrF2N7O. The summed E-state index contributed by atoms with van der Waals surface area (Å²) < 4.78 is 33.1. The quantitative estimate of drug-likeness (QED) is 0.488. The molecule has 0 unspecified atom stereocenters. The van der Waals surface area contributed by atoms with E-state index in [1.54, 1.807) is 13.0 Å². The minimum Gasteiger partial charge on any atom is -0.475 e. The Hall–Kier alpha value is -2.82. The third-order valence-electron chi connectivity index (χ3n) is 3.50. The van der Waals surface area contributed by atoms with Crippen LogP contribution < -0.4 is 15.4 Å². The summed E-state index contributed by atoms with van der Waals surface area (Å²) >= 11 is 3.37. The second-order valence-corrected chi connectivity index (χ2v) is 7.04. The van der Waals surface area contributed by atoms with Gasteiger partial charge in [-0.25, -0.2) is 18.9 Å². The third-order valence-corrected chi connectivity index (χ3v) is 4.08. The Bertz CT molecular complexity index is 966. The number of aromatic amines is 1. The second-order valence-electron chi connectivity index (χ2n) is 6.19. The van der Waals surface area contributed by atoms with Gasteiger partial charge < -0.3 is 15.4 Å². The molecule has 0 aliphatic rings. The summed E-state index contributed by atoms with van der Waals surface area (Å²) in [5, 5.41) is 12.9. The Morgan fingerprint density at radius 2 is 1.93 bits per heavy atom. The molecule has 0 saturated heterocycles. The maximum absolute atomic E-state index is 13.9. The van der Waals surface area contributed by atoms with E-state index in [1.807, 2.05) is 13.8 Å². The maximum atomic E-state index is 13.9. The SMILES string of the molecule is CC(C)Oc1cc(Nc2nc(N[C@@H](C)c3ncc(F)cc3F)ncc2Br)n[nH]1. The highest BCUT2D eigenvalue weighted by Crippen LogP contribution is 2.26. The van der Waals surface area contributed by atoms with E-state index in [9.17, 15) is 8.78 Å². The van der Waals surface area contributed by atoms with E-state index in [4.69, 9.17) is 4.74 Å². The standard InChI is InChI=1S/C17H18BrF2N7O/c1-8(2)28-14-5-13(26-27-14)24-16-11(18)7-22-17(25-16)23-9(3)15-12(20)4-10(19)6-21-15/h4-9H,1-3H3,(H3,22,23,24,25,26,27)/t9-/m0/s1. The number of halogens is 3. The second kappa shape index (κ2) is 8.46. The van der Waals surface area contributed by atoms with Crippen LogP contribution in [0.3, 0.4) is 0 Å². The number of H-pyrrole nitrogens is 1. The van der Waals surface area contributed by atoms with Crippen LogP contribution in [0.2, 0.25) is 0 Å². The average Bonchev–Trinajstić information content (AvgIpc) is 3.04. The molecule has 3 N–H and O–H groups in total. The highest BCUT2D eigenvalue weighted by Gasteiger charge is 2.16. The molecule has 0 aliphatic carbocycles. The number of nitrogens with one attached hydrogen (secondary N) is 3. The van der Waals surface area contributed by atoms with E-state index in [2.05, 4.69) is 51.7 Å². The summed E-state index contributed by atoms with van der Waals surface area (Å²) in [6.07, 6.45) is 2.51. The van der Waals surface area contributed by atoms with Crippen LogP contribution in [-0.4, -0.2) is 31.3 Å². The summed E-state index contributed by atoms with van der Waals surface area (Å²) in [7, 11) is 0. The molecule has 0 spiro atoms. The normalized spacial score (nSPS) is 12.1. The highest BCUT2D eigenvalue weighted by atomic mass is 79.9. The van der Waals surface area contributed by atoms with Crippen molar-refractivity contribution in [3.63, 3.8) is 0 Å². The third kappa shape index (κ3) is 4.91. The van der Waals surface area contributed by atoms with E-state index in [0.717, 1.165) is 12.3 Å². The van der Waals surface area contributed by atoms with Gasteiger partial charge in [0.05, 0.1) is 28.5 Å². The predicted molar refractivity (Wildman–Crippen MR) is 104 cm³/mol. The lowest BCUT2D eigenvalue weighted by molar-refractivity contribution is 0.232. The van der Waals surface area contributed by atoms with Gasteiger partial charge in [-0.1, -0.05) is 0 Å². The molecule has 3 aromatic heterocycles. The lowest BCUT2D eigenvalue weighted by Gasteiger charge is -2.15. The van der Waals surface area contributed by atoms with E-state index in [-0.39, 0.29) is 17.7 Å². The van der Waals surface area contributed by atoms with Crippen LogP contribution in [0.25, 0.3) is 0 Å². The van der Waals surface area contributed by atoms with E-state index in [1.165, 1.54) is 6.20 Å². The molecule has 8 nitrogen and oxygen atoms in total. The molecule has 3 heterocycles. The fraction of sp³-hybridized carbons (Fsp3) is 0.294. The molecule has 3 rings (SSSR count). The van der Waals surface area contributed by atoms with Crippen molar-refractivity contribution >= 4 is 33.5 Å². The summed E-state index contributed by atoms with van der Waals surface area (Å²) in [6, 6.07) is 1.90. The van der Waals surface area contributed by atoms with Crippen molar-refractivity contribution < 1.29 is 13.5 Å². The van der Waals surface area contributed by atoms with Crippen molar-refractivity contribution in [1.82, 2.24) is 25.1 Å². The van der Waals surface area contributed by atoms with Gasteiger partial charge in [-0.05, 0) is 36.7 Å². The zero-order valence-corrected chi connectivity index (χ0v) is 16.9. The number of hydrogen-bond donors (Lipinski definition) is 3. The Balaban J connectivity index is 1.74. The van der Waals surface area contributed by atoms with E-state index < -0.39 is 17.7 Å². The summed E-state index contributed by atoms with van der Waals surface area (Å²) in [6.45, 7) is 5.49. The molecule has 0 fully saturated rings. The van der Waals surface area contributed by atoms with E-state index in [0.29, 0.717) is 22.0 Å². The number of hydrogen-bond acceptors (Lipinski definition) is 7. The maximum Gasteiger partial charge on any atom is 0.225 e. The minimum absolute atomic E-state index is 0.0110. The van der Waals surface area contributed by atoms with Crippen molar-refractivity contribution in [2.75, 3.05) is 10.6 Å². The van der Waals surface area contributed by atoms with E-state index >= 15 is 0 Å². The fourth-order valence-electron chi connectivity index (χ4n) is 2.33. The molecule has 1 atom stereocenters. The Kier molecular flexibility index (Phi) is 6.02. The smallest absolute Gasteiger partial charge is 0.225 e. The molecule has 148 valence electrons. The number of rotatable bonds is 7. The first-order chi connectivity index (χ1) is 13.3. The topological polar surface area (TPSA) is 101 Å². The summed E-state index contributed by atoms with van der Waals surface area (Å²) in [4.78, 5) is 12.3. The minimum atomic E-state index is -0.746. The number of aromatic nitrogens is 5.